The fourth-order valence-electron chi connectivity index (χ4n) is 3.81. The summed E-state index contributed by atoms with van der Waals surface area (Å²) in [6.07, 6.45) is 18.1. The van der Waals surface area contributed by atoms with Crippen LogP contribution in [-0.2, 0) is 4.79 Å². The Kier molecular flexibility index (Phi) is 6.23. The van der Waals surface area contributed by atoms with Gasteiger partial charge < -0.3 is 0 Å². The van der Waals surface area contributed by atoms with Gasteiger partial charge in [0.2, 0.25) is 0 Å². The lowest BCUT2D eigenvalue weighted by Gasteiger charge is -2.22. The number of Topliss-reactive ketones (excluding diaryl/α,β-unsaturated/α-hetero) is 1. The third-order valence-corrected chi connectivity index (χ3v) is 5.11. The van der Waals surface area contributed by atoms with E-state index in [1.54, 1.807) is 0 Å². The van der Waals surface area contributed by atoms with Gasteiger partial charge in [0.25, 0.3) is 0 Å². The van der Waals surface area contributed by atoms with Gasteiger partial charge in [-0.25, -0.2) is 0 Å². The minimum atomic E-state index is 0.547. The van der Waals surface area contributed by atoms with E-state index in [9.17, 15) is 4.79 Å². The van der Waals surface area contributed by atoms with Crippen LogP contribution in [0.1, 0.15) is 89.9 Å². The Labute approximate surface area is 113 Å². The lowest BCUT2D eigenvalue weighted by molar-refractivity contribution is -0.119. The molecule has 0 atom stereocenters. The molecule has 2 fully saturated rings. The first kappa shape index (κ1) is 14.1. The maximum atomic E-state index is 11.9. The number of hydrogen-bond donors (Lipinski definition) is 0. The van der Waals surface area contributed by atoms with Gasteiger partial charge in [-0.05, 0) is 24.7 Å². The molecule has 2 aliphatic rings. The second-order valence-electron chi connectivity index (χ2n) is 6.62. The molecule has 0 N–H and O–H groups in total. The van der Waals surface area contributed by atoms with Crippen molar-refractivity contribution in [1.29, 1.82) is 0 Å². The highest BCUT2D eigenvalue weighted by Gasteiger charge is 2.17. The molecule has 2 aliphatic carbocycles. The van der Waals surface area contributed by atoms with Gasteiger partial charge in [-0.2, -0.15) is 0 Å². The van der Waals surface area contributed by atoms with Gasteiger partial charge in [0.15, 0.2) is 0 Å². The monoisotopic (exact) mass is 250 g/mol. The molecule has 0 amide bonds. The molecule has 1 heteroatoms. The molecule has 0 heterocycles. The van der Waals surface area contributed by atoms with Gasteiger partial charge in [0, 0.05) is 12.8 Å². The Hall–Kier alpha value is -0.330. The predicted molar refractivity (Wildman–Crippen MR) is 76.6 cm³/mol. The average molecular weight is 250 g/mol. The quantitative estimate of drug-likeness (QED) is 0.627. The van der Waals surface area contributed by atoms with Crippen LogP contribution < -0.4 is 0 Å². The first-order valence-corrected chi connectivity index (χ1v) is 8.36. The van der Waals surface area contributed by atoms with Crippen LogP contribution in [0, 0.1) is 11.8 Å². The zero-order valence-electron chi connectivity index (χ0n) is 12.0. The van der Waals surface area contributed by atoms with Crippen LogP contribution in [0.5, 0.6) is 0 Å². The minimum Gasteiger partial charge on any atom is -0.300 e. The Morgan fingerprint density at radius 3 is 1.44 bits per heavy atom. The van der Waals surface area contributed by atoms with Gasteiger partial charge in [-0.3, -0.25) is 4.79 Å². The fourth-order valence-corrected chi connectivity index (χ4v) is 3.81. The van der Waals surface area contributed by atoms with Crippen molar-refractivity contribution in [3.63, 3.8) is 0 Å². The van der Waals surface area contributed by atoms with E-state index in [4.69, 9.17) is 0 Å². The van der Waals surface area contributed by atoms with Crippen molar-refractivity contribution in [1.82, 2.24) is 0 Å². The van der Waals surface area contributed by atoms with E-state index in [0.29, 0.717) is 5.78 Å². The second kappa shape index (κ2) is 7.96. The summed E-state index contributed by atoms with van der Waals surface area (Å²) in [6, 6.07) is 0. The summed E-state index contributed by atoms with van der Waals surface area (Å²) >= 11 is 0. The van der Waals surface area contributed by atoms with Gasteiger partial charge in [0.1, 0.15) is 5.78 Å². The molecule has 0 aromatic rings. The summed E-state index contributed by atoms with van der Waals surface area (Å²) < 4.78 is 0. The molecular weight excluding hydrogens is 220 g/mol. The van der Waals surface area contributed by atoms with Crippen LogP contribution in [0.4, 0.5) is 0 Å². The highest BCUT2D eigenvalue weighted by molar-refractivity contribution is 5.78. The minimum absolute atomic E-state index is 0.547. The first-order chi connectivity index (χ1) is 8.84. The molecule has 0 unspecified atom stereocenters. The highest BCUT2D eigenvalue weighted by Crippen LogP contribution is 2.29. The molecule has 0 aromatic heterocycles. The molecule has 18 heavy (non-hydrogen) atoms. The SMILES string of the molecule is O=C(CCC1CCCCC1)CCC1CCCCC1. The van der Waals surface area contributed by atoms with E-state index in [1.807, 2.05) is 0 Å². The molecule has 2 saturated carbocycles. The zero-order valence-corrected chi connectivity index (χ0v) is 12.0. The molecular formula is C17H30O. The Bertz CT molecular complexity index is 210. The average Bonchev–Trinajstić information content (AvgIpc) is 2.45. The second-order valence-corrected chi connectivity index (χ2v) is 6.62. The van der Waals surface area contributed by atoms with Crippen LogP contribution >= 0.6 is 0 Å². The number of rotatable bonds is 6. The van der Waals surface area contributed by atoms with Crippen molar-refractivity contribution in [2.24, 2.45) is 11.8 Å². The van der Waals surface area contributed by atoms with Gasteiger partial charge in [-0.1, -0.05) is 64.2 Å². The topological polar surface area (TPSA) is 17.1 Å². The number of ketones is 1. The van der Waals surface area contributed by atoms with Crippen molar-refractivity contribution in [3.8, 4) is 0 Å². The highest BCUT2D eigenvalue weighted by atomic mass is 16.1. The molecule has 0 aromatic carbocycles. The van der Waals surface area contributed by atoms with Crippen molar-refractivity contribution >= 4 is 5.78 Å². The van der Waals surface area contributed by atoms with Crippen molar-refractivity contribution in [2.75, 3.05) is 0 Å². The third kappa shape index (κ3) is 5.12. The maximum absolute atomic E-state index is 11.9. The fraction of sp³-hybridized carbons (Fsp3) is 0.941. The van der Waals surface area contributed by atoms with E-state index in [1.165, 1.54) is 77.0 Å². The molecule has 0 bridgehead atoms. The maximum Gasteiger partial charge on any atom is 0.132 e. The first-order valence-electron chi connectivity index (χ1n) is 8.36. The number of carbonyl (C=O) groups is 1. The smallest absolute Gasteiger partial charge is 0.132 e. The summed E-state index contributed by atoms with van der Waals surface area (Å²) in [5, 5.41) is 0. The van der Waals surface area contributed by atoms with E-state index in [2.05, 4.69) is 0 Å². The lowest BCUT2D eigenvalue weighted by Crippen LogP contribution is -2.11. The largest absolute Gasteiger partial charge is 0.300 e. The zero-order chi connectivity index (χ0) is 12.6. The Balaban J connectivity index is 1.54. The van der Waals surface area contributed by atoms with Gasteiger partial charge in [0.05, 0.1) is 0 Å². The normalized spacial score (nSPS) is 23.1. The summed E-state index contributed by atoms with van der Waals surface area (Å²) in [6.45, 7) is 0. The molecule has 0 saturated heterocycles. The summed E-state index contributed by atoms with van der Waals surface area (Å²) in [5.74, 6) is 2.29. The molecule has 2 rings (SSSR count). The van der Waals surface area contributed by atoms with E-state index >= 15 is 0 Å². The molecule has 104 valence electrons. The Morgan fingerprint density at radius 1 is 0.667 bits per heavy atom. The van der Waals surface area contributed by atoms with E-state index in [-0.39, 0.29) is 0 Å². The van der Waals surface area contributed by atoms with Crippen LogP contribution in [-0.4, -0.2) is 5.78 Å². The predicted octanol–water partition coefficient (Wildman–Crippen LogP) is 5.28. The van der Waals surface area contributed by atoms with Crippen molar-refractivity contribution in [3.05, 3.63) is 0 Å². The molecule has 1 nitrogen and oxygen atoms in total. The molecule has 0 spiro atoms. The van der Waals surface area contributed by atoms with E-state index in [0.717, 1.165) is 24.7 Å². The van der Waals surface area contributed by atoms with E-state index < -0.39 is 0 Å². The standard InChI is InChI=1S/C17H30O/c18-17(13-11-15-7-3-1-4-8-15)14-12-16-9-5-2-6-10-16/h15-16H,1-14H2. The van der Waals surface area contributed by atoms with Crippen molar-refractivity contribution < 1.29 is 4.79 Å². The van der Waals surface area contributed by atoms with Gasteiger partial charge in [-0.15, -0.1) is 0 Å². The number of carbonyl (C=O) groups excluding carboxylic acids is 1. The van der Waals surface area contributed by atoms with Crippen molar-refractivity contribution in [2.45, 2.75) is 89.9 Å². The lowest BCUT2D eigenvalue weighted by atomic mass is 9.83. The van der Waals surface area contributed by atoms with Crippen LogP contribution in [0.3, 0.4) is 0 Å². The van der Waals surface area contributed by atoms with Crippen LogP contribution in [0.15, 0.2) is 0 Å². The Morgan fingerprint density at radius 2 is 1.06 bits per heavy atom. The summed E-state index contributed by atoms with van der Waals surface area (Å²) in [7, 11) is 0. The van der Waals surface area contributed by atoms with Crippen LogP contribution in [0.2, 0.25) is 0 Å². The van der Waals surface area contributed by atoms with Gasteiger partial charge >= 0.3 is 0 Å². The summed E-state index contributed by atoms with van der Waals surface area (Å²) in [5.41, 5.74) is 0. The summed E-state index contributed by atoms with van der Waals surface area (Å²) in [4.78, 5) is 11.9. The number of hydrogen-bond acceptors (Lipinski definition) is 1. The third-order valence-electron chi connectivity index (χ3n) is 5.11. The molecule has 0 aliphatic heterocycles. The van der Waals surface area contributed by atoms with Crippen LogP contribution in [0.25, 0.3) is 0 Å². The molecule has 0 radical (unpaired) electrons.